The molecule has 0 N–H and O–H groups in total. The third kappa shape index (κ3) is 4.91. The minimum absolute atomic E-state index is 0.862. The largest absolute Gasteiger partial charge is 0.303 e. The average Bonchev–Trinajstić information content (AvgIpc) is 2.43. The Hall–Kier alpha value is -0.0400. The van der Waals surface area contributed by atoms with E-state index in [1.54, 1.807) is 0 Å². The van der Waals surface area contributed by atoms with Crippen LogP contribution < -0.4 is 0 Å². The smallest absolute Gasteiger partial charge is 0.000978 e. The van der Waals surface area contributed by atoms with E-state index in [1.165, 1.54) is 51.7 Å². The number of likely N-dealkylation sites (tertiary alicyclic amines) is 1. The summed E-state index contributed by atoms with van der Waals surface area (Å²) in [6, 6.07) is 0. The molecule has 1 heterocycles. The van der Waals surface area contributed by atoms with Crippen molar-refractivity contribution in [3.8, 4) is 0 Å². The average molecular weight is 253 g/mol. The van der Waals surface area contributed by atoms with Gasteiger partial charge in [0.1, 0.15) is 0 Å². The molecule has 1 nitrogen and oxygen atoms in total. The zero-order valence-electron chi connectivity index (χ0n) is 13.4. The molecule has 0 amide bonds. The topological polar surface area (TPSA) is 3.24 Å². The molecule has 4 unspecified atom stereocenters. The molecule has 108 valence electrons. The normalized spacial score (nSPS) is 34.5. The summed E-state index contributed by atoms with van der Waals surface area (Å²) in [5.41, 5.74) is 0. The predicted octanol–water partition coefficient (Wildman–Crippen LogP) is 4.82. The summed E-state index contributed by atoms with van der Waals surface area (Å²) in [7, 11) is 0. The summed E-state index contributed by atoms with van der Waals surface area (Å²) >= 11 is 0. The fourth-order valence-corrected chi connectivity index (χ4v) is 3.38. The summed E-state index contributed by atoms with van der Waals surface area (Å²) in [5, 5.41) is 0. The van der Waals surface area contributed by atoms with Gasteiger partial charge in [-0.15, -0.1) is 0 Å². The lowest BCUT2D eigenvalue weighted by Crippen LogP contribution is -2.31. The maximum Gasteiger partial charge on any atom is 0.000978 e. The van der Waals surface area contributed by atoms with Gasteiger partial charge in [0, 0.05) is 13.1 Å². The van der Waals surface area contributed by atoms with Crippen molar-refractivity contribution >= 4 is 0 Å². The minimum Gasteiger partial charge on any atom is -0.303 e. The van der Waals surface area contributed by atoms with Crippen LogP contribution in [0, 0.1) is 23.7 Å². The highest BCUT2D eigenvalue weighted by atomic mass is 15.1. The number of hydrogen-bond acceptors (Lipinski definition) is 1. The van der Waals surface area contributed by atoms with Crippen molar-refractivity contribution in [2.24, 2.45) is 23.7 Å². The van der Waals surface area contributed by atoms with Crippen LogP contribution in [0.1, 0.15) is 66.7 Å². The maximum atomic E-state index is 2.74. The summed E-state index contributed by atoms with van der Waals surface area (Å²) in [6.45, 7) is 16.1. The van der Waals surface area contributed by atoms with Crippen LogP contribution in [0.2, 0.25) is 0 Å². The Morgan fingerprint density at radius 3 is 1.78 bits per heavy atom. The molecule has 0 bridgehead atoms. The second kappa shape index (κ2) is 8.19. The third-order valence-corrected chi connectivity index (χ3v) is 5.29. The van der Waals surface area contributed by atoms with E-state index in [2.05, 4.69) is 39.5 Å². The van der Waals surface area contributed by atoms with E-state index >= 15 is 0 Å². The quantitative estimate of drug-likeness (QED) is 0.614. The van der Waals surface area contributed by atoms with Crippen molar-refractivity contribution < 1.29 is 0 Å². The number of rotatable bonds is 6. The summed E-state index contributed by atoms with van der Waals surface area (Å²) in [4.78, 5) is 2.74. The molecule has 0 saturated carbocycles. The monoisotopic (exact) mass is 253 g/mol. The van der Waals surface area contributed by atoms with Crippen LogP contribution in [-0.2, 0) is 0 Å². The van der Waals surface area contributed by atoms with Crippen LogP contribution in [0.4, 0.5) is 0 Å². The summed E-state index contributed by atoms with van der Waals surface area (Å²) < 4.78 is 0. The zero-order chi connectivity index (χ0) is 13.5. The molecule has 1 aliphatic heterocycles. The molecule has 4 atom stereocenters. The molecule has 1 rings (SSSR count). The fraction of sp³-hybridized carbons (Fsp3) is 1.00. The Kier molecular flexibility index (Phi) is 7.29. The van der Waals surface area contributed by atoms with Crippen LogP contribution in [0.3, 0.4) is 0 Å². The Bertz CT molecular complexity index is 198. The van der Waals surface area contributed by atoms with Crippen LogP contribution in [0.15, 0.2) is 0 Å². The maximum absolute atomic E-state index is 2.74. The van der Waals surface area contributed by atoms with Crippen molar-refractivity contribution in [3.05, 3.63) is 0 Å². The molecule has 1 saturated heterocycles. The molecular formula is C17H35N. The number of nitrogens with zero attached hydrogens (tertiary/aromatic N) is 1. The van der Waals surface area contributed by atoms with Gasteiger partial charge in [0.05, 0.1) is 0 Å². The van der Waals surface area contributed by atoms with E-state index in [0.717, 1.165) is 23.7 Å². The van der Waals surface area contributed by atoms with Gasteiger partial charge in [-0.3, -0.25) is 0 Å². The van der Waals surface area contributed by atoms with Crippen molar-refractivity contribution in [1.29, 1.82) is 0 Å². The molecule has 1 fully saturated rings. The highest BCUT2D eigenvalue weighted by Gasteiger charge is 2.29. The SMILES string of the molecule is CCCCCCCN1CC(C)C(C)C(C)C(C)C1. The number of hydrogen-bond donors (Lipinski definition) is 0. The van der Waals surface area contributed by atoms with Crippen LogP contribution in [0.25, 0.3) is 0 Å². The molecular weight excluding hydrogens is 218 g/mol. The molecule has 0 aromatic carbocycles. The van der Waals surface area contributed by atoms with E-state index in [4.69, 9.17) is 0 Å². The second-order valence-corrected chi connectivity index (χ2v) is 6.85. The first kappa shape index (κ1) is 16.0. The molecule has 1 heteroatoms. The van der Waals surface area contributed by atoms with E-state index < -0.39 is 0 Å². The lowest BCUT2D eigenvalue weighted by atomic mass is 9.80. The molecule has 0 aliphatic carbocycles. The first-order valence-corrected chi connectivity index (χ1v) is 8.28. The Morgan fingerprint density at radius 2 is 1.28 bits per heavy atom. The summed E-state index contributed by atoms with van der Waals surface area (Å²) in [6.07, 6.45) is 7.04. The highest BCUT2D eigenvalue weighted by molar-refractivity contribution is 4.81. The Morgan fingerprint density at radius 1 is 0.778 bits per heavy atom. The van der Waals surface area contributed by atoms with Gasteiger partial charge >= 0.3 is 0 Å². The van der Waals surface area contributed by atoms with Crippen LogP contribution in [-0.4, -0.2) is 24.5 Å². The van der Waals surface area contributed by atoms with Crippen LogP contribution >= 0.6 is 0 Å². The first-order valence-electron chi connectivity index (χ1n) is 8.28. The van der Waals surface area contributed by atoms with Crippen molar-refractivity contribution in [2.75, 3.05) is 19.6 Å². The molecule has 1 aliphatic rings. The predicted molar refractivity (Wildman–Crippen MR) is 81.9 cm³/mol. The first-order chi connectivity index (χ1) is 8.56. The van der Waals surface area contributed by atoms with Crippen LogP contribution in [0.5, 0.6) is 0 Å². The van der Waals surface area contributed by atoms with Gasteiger partial charge in [-0.1, -0.05) is 60.3 Å². The van der Waals surface area contributed by atoms with Gasteiger partial charge in [0.2, 0.25) is 0 Å². The van der Waals surface area contributed by atoms with Gasteiger partial charge in [-0.05, 0) is 36.6 Å². The molecule has 0 radical (unpaired) electrons. The van der Waals surface area contributed by atoms with Gasteiger partial charge in [-0.2, -0.15) is 0 Å². The highest BCUT2D eigenvalue weighted by Crippen LogP contribution is 2.31. The van der Waals surface area contributed by atoms with Crippen molar-refractivity contribution in [1.82, 2.24) is 4.90 Å². The van der Waals surface area contributed by atoms with Gasteiger partial charge in [0.15, 0.2) is 0 Å². The van der Waals surface area contributed by atoms with Gasteiger partial charge in [0.25, 0.3) is 0 Å². The van der Waals surface area contributed by atoms with E-state index in [1.807, 2.05) is 0 Å². The van der Waals surface area contributed by atoms with E-state index in [9.17, 15) is 0 Å². The lowest BCUT2D eigenvalue weighted by Gasteiger charge is -2.25. The molecule has 0 aromatic rings. The Balaban J connectivity index is 2.32. The Labute approximate surface area is 115 Å². The molecule has 18 heavy (non-hydrogen) atoms. The van der Waals surface area contributed by atoms with Crippen molar-refractivity contribution in [3.63, 3.8) is 0 Å². The van der Waals surface area contributed by atoms with Crippen molar-refractivity contribution in [2.45, 2.75) is 66.7 Å². The second-order valence-electron chi connectivity index (χ2n) is 6.85. The summed E-state index contributed by atoms with van der Waals surface area (Å²) in [5.74, 6) is 3.48. The molecule has 0 spiro atoms. The molecule has 0 aromatic heterocycles. The van der Waals surface area contributed by atoms with E-state index in [0.29, 0.717) is 0 Å². The minimum atomic E-state index is 0.862. The van der Waals surface area contributed by atoms with Gasteiger partial charge in [-0.25, -0.2) is 0 Å². The fourth-order valence-electron chi connectivity index (χ4n) is 3.38. The zero-order valence-corrected chi connectivity index (χ0v) is 13.4. The standard InChI is InChI=1S/C17H35N/c1-6-7-8-9-10-11-18-12-14(2)16(4)17(5)15(3)13-18/h14-17H,6-13H2,1-5H3. The van der Waals surface area contributed by atoms with E-state index in [-0.39, 0.29) is 0 Å². The third-order valence-electron chi connectivity index (χ3n) is 5.29. The lowest BCUT2D eigenvalue weighted by molar-refractivity contribution is 0.225. The number of unbranched alkanes of at least 4 members (excludes halogenated alkanes) is 4. The van der Waals surface area contributed by atoms with Gasteiger partial charge < -0.3 is 4.90 Å².